The van der Waals surface area contributed by atoms with E-state index >= 15 is 0 Å². The molecule has 0 fully saturated rings. The number of nitrogens with one attached hydrogen (secondary N) is 1. The number of methoxy groups -OCH3 is 1. The lowest BCUT2D eigenvalue weighted by Gasteiger charge is -2.15. The first-order valence-electron chi connectivity index (χ1n) is 8.56. The highest BCUT2D eigenvalue weighted by Gasteiger charge is 2.17. The number of hydrogen-bond donors (Lipinski definition) is 1. The van der Waals surface area contributed by atoms with Crippen LogP contribution in [0.1, 0.15) is 40.1 Å². The maximum absolute atomic E-state index is 12.5. The summed E-state index contributed by atoms with van der Waals surface area (Å²) in [6, 6.07) is 15.0. The number of aromatic nitrogens is 2. The molecule has 5 heteroatoms. The Labute approximate surface area is 153 Å². The number of rotatable bonds is 5. The molecule has 0 bridgehead atoms. The van der Waals surface area contributed by atoms with E-state index in [-0.39, 0.29) is 11.9 Å². The zero-order valence-corrected chi connectivity index (χ0v) is 15.5. The normalized spacial score (nSPS) is 11.8. The van der Waals surface area contributed by atoms with Gasteiger partial charge in [-0.1, -0.05) is 18.2 Å². The molecule has 0 unspecified atom stereocenters. The van der Waals surface area contributed by atoms with Crippen molar-refractivity contribution >= 4 is 5.91 Å². The number of ether oxygens (including phenoxy) is 1. The molecule has 1 aromatic heterocycles. The van der Waals surface area contributed by atoms with E-state index in [0.29, 0.717) is 5.56 Å². The smallest absolute Gasteiger partial charge is 0.251 e. The van der Waals surface area contributed by atoms with Crippen molar-refractivity contribution in [1.82, 2.24) is 15.1 Å². The third-order valence-electron chi connectivity index (χ3n) is 4.56. The highest BCUT2D eigenvalue weighted by molar-refractivity contribution is 5.94. The minimum atomic E-state index is -0.151. The van der Waals surface area contributed by atoms with Gasteiger partial charge in [0.15, 0.2) is 0 Å². The van der Waals surface area contributed by atoms with E-state index in [1.807, 2.05) is 42.9 Å². The molecule has 0 aliphatic heterocycles. The van der Waals surface area contributed by atoms with Crippen molar-refractivity contribution in [3.63, 3.8) is 0 Å². The molecule has 1 amide bonds. The van der Waals surface area contributed by atoms with Gasteiger partial charge in [-0.3, -0.25) is 4.79 Å². The van der Waals surface area contributed by atoms with Crippen LogP contribution in [0.25, 0.3) is 5.69 Å². The molecule has 0 saturated carbocycles. The highest BCUT2D eigenvalue weighted by Crippen LogP contribution is 2.22. The Balaban J connectivity index is 1.79. The molecule has 0 saturated heterocycles. The van der Waals surface area contributed by atoms with Crippen LogP contribution in [0, 0.1) is 13.8 Å². The number of para-hydroxylation sites is 1. The van der Waals surface area contributed by atoms with Gasteiger partial charge in [-0.2, -0.15) is 5.10 Å². The van der Waals surface area contributed by atoms with Crippen LogP contribution in [-0.4, -0.2) is 22.8 Å². The average molecular weight is 349 g/mol. The van der Waals surface area contributed by atoms with Crippen LogP contribution in [0.2, 0.25) is 0 Å². The van der Waals surface area contributed by atoms with Crippen molar-refractivity contribution in [3.8, 4) is 11.4 Å². The molecule has 0 spiro atoms. The van der Waals surface area contributed by atoms with Gasteiger partial charge in [0.05, 0.1) is 25.0 Å². The molecule has 1 atom stereocenters. The summed E-state index contributed by atoms with van der Waals surface area (Å²) in [5.74, 6) is 0.605. The summed E-state index contributed by atoms with van der Waals surface area (Å²) in [6.07, 6.45) is 1.82. The Morgan fingerprint density at radius 3 is 2.46 bits per heavy atom. The molecule has 0 radical (unpaired) electrons. The van der Waals surface area contributed by atoms with Crippen LogP contribution in [0.5, 0.6) is 5.75 Å². The van der Waals surface area contributed by atoms with Crippen LogP contribution in [0.15, 0.2) is 54.7 Å². The first-order chi connectivity index (χ1) is 12.5. The van der Waals surface area contributed by atoms with Crippen LogP contribution in [0.4, 0.5) is 0 Å². The molecule has 0 aliphatic carbocycles. The van der Waals surface area contributed by atoms with Gasteiger partial charge >= 0.3 is 0 Å². The maximum Gasteiger partial charge on any atom is 0.251 e. The van der Waals surface area contributed by atoms with Crippen LogP contribution in [-0.2, 0) is 0 Å². The molecule has 134 valence electrons. The molecule has 3 rings (SSSR count). The molecule has 26 heavy (non-hydrogen) atoms. The predicted octanol–water partition coefficient (Wildman–Crippen LogP) is 3.99. The lowest BCUT2D eigenvalue weighted by atomic mass is 10.1. The largest absolute Gasteiger partial charge is 0.497 e. The second kappa shape index (κ2) is 7.44. The molecule has 1 heterocycles. The topological polar surface area (TPSA) is 56.1 Å². The fourth-order valence-electron chi connectivity index (χ4n) is 2.99. The van der Waals surface area contributed by atoms with Crippen LogP contribution >= 0.6 is 0 Å². The number of nitrogens with zero attached hydrogens (tertiary/aromatic N) is 2. The van der Waals surface area contributed by atoms with Gasteiger partial charge in [-0.05, 0) is 56.7 Å². The van der Waals surface area contributed by atoms with Crippen molar-refractivity contribution in [3.05, 3.63) is 77.1 Å². The summed E-state index contributed by atoms with van der Waals surface area (Å²) in [5, 5.41) is 7.56. The first-order valence-corrected chi connectivity index (χ1v) is 8.56. The van der Waals surface area contributed by atoms with Gasteiger partial charge in [-0.15, -0.1) is 0 Å². The zero-order valence-electron chi connectivity index (χ0n) is 15.5. The minimum absolute atomic E-state index is 0.122. The Kier molecular flexibility index (Phi) is 5.07. The molecular weight excluding hydrogens is 326 g/mol. The van der Waals surface area contributed by atoms with Gasteiger partial charge in [-0.25, -0.2) is 4.68 Å². The monoisotopic (exact) mass is 349 g/mol. The number of aryl methyl sites for hydroxylation is 1. The van der Waals surface area contributed by atoms with Crippen molar-refractivity contribution in [1.29, 1.82) is 0 Å². The van der Waals surface area contributed by atoms with E-state index in [0.717, 1.165) is 28.3 Å². The van der Waals surface area contributed by atoms with Gasteiger partial charge < -0.3 is 10.1 Å². The van der Waals surface area contributed by atoms with Crippen molar-refractivity contribution in [2.45, 2.75) is 26.8 Å². The van der Waals surface area contributed by atoms with Crippen molar-refractivity contribution in [2.75, 3.05) is 7.11 Å². The molecule has 1 N–H and O–H groups in total. The number of hydrogen-bond acceptors (Lipinski definition) is 3. The van der Waals surface area contributed by atoms with E-state index in [4.69, 9.17) is 4.74 Å². The number of carbonyl (C=O) groups excluding carboxylic acids is 1. The van der Waals surface area contributed by atoms with E-state index in [1.54, 1.807) is 31.4 Å². The molecular formula is C21H23N3O2. The van der Waals surface area contributed by atoms with Gasteiger partial charge in [0.25, 0.3) is 5.91 Å². The zero-order chi connectivity index (χ0) is 18.7. The Morgan fingerprint density at radius 1 is 1.12 bits per heavy atom. The summed E-state index contributed by atoms with van der Waals surface area (Å²) in [5.41, 5.74) is 4.81. The third kappa shape index (κ3) is 3.47. The maximum atomic E-state index is 12.5. The number of amides is 1. The fraction of sp³-hybridized carbons (Fsp3) is 0.238. The van der Waals surface area contributed by atoms with E-state index < -0.39 is 0 Å². The summed E-state index contributed by atoms with van der Waals surface area (Å²) in [4.78, 5) is 12.5. The van der Waals surface area contributed by atoms with E-state index in [9.17, 15) is 4.79 Å². The lowest BCUT2D eigenvalue weighted by Crippen LogP contribution is -2.26. The molecule has 5 nitrogen and oxygen atoms in total. The van der Waals surface area contributed by atoms with Crippen molar-refractivity contribution < 1.29 is 9.53 Å². The lowest BCUT2D eigenvalue weighted by molar-refractivity contribution is 0.0940. The van der Waals surface area contributed by atoms with Crippen LogP contribution in [0.3, 0.4) is 0 Å². The van der Waals surface area contributed by atoms with Crippen LogP contribution < -0.4 is 10.1 Å². The second-order valence-electron chi connectivity index (χ2n) is 6.31. The molecule has 3 aromatic rings. The summed E-state index contributed by atoms with van der Waals surface area (Å²) in [6.45, 7) is 6.05. The molecule has 0 aliphatic rings. The Morgan fingerprint density at radius 2 is 1.81 bits per heavy atom. The van der Waals surface area contributed by atoms with Crippen molar-refractivity contribution in [2.24, 2.45) is 0 Å². The minimum Gasteiger partial charge on any atom is -0.497 e. The number of carbonyl (C=O) groups is 1. The van der Waals surface area contributed by atoms with Gasteiger partial charge in [0.1, 0.15) is 5.75 Å². The van der Waals surface area contributed by atoms with E-state index in [1.165, 1.54) is 0 Å². The van der Waals surface area contributed by atoms with Gasteiger partial charge in [0.2, 0.25) is 0 Å². The quantitative estimate of drug-likeness (QED) is 0.758. The SMILES string of the molecule is COc1ccc(C(=O)N[C@H](C)c2cnn(-c3ccccc3C)c2C)cc1. The first kappa shape index (κ1) is 17.7. The second-order valence-corrected chi connectivity index (χ2v) is 6.31. The predicted molar refractivity (Wildman–Crippen MR) is 102 cm³/mol. The van der Waals surface area contributed by atoms with Gasteiger partial charge in [0, 0.05) is 16.8 Å². The summed E-state index contributed by atoms with van der Waals surface area (Å²) >= 11 is 0. The standard InChI is InChI=1S/C21H23N3O2/c1-14-7-5-6-8-20(14)24-16(3)19(13-22-24)15(2)23-21(25)17-9-11-18(26-4)12-10-17/h5-13,15H,1-4H3,(H,23,25)/t15-/m1/s1. The Bertz CT molecular complexity index is 913. The highest BCUT2D eigenvalue weighted by atomic mass is 16.5. The summed E-state index contributed by atoms with van der Waals surface area (Å²) in [7, 11) is 1.60. The third-order valence-corrected chi connectivity index (χ3v) is 4.56. The Hall–Kier alpha value is -3.08. The van der Waals surface area contributed by atoms with E-state index in [2.05, 4.69) is 23.4 Å². The summed E-state index contributed by atoms with van der Waals surface area (Å²) < 4.78 is 7.04. The average Bonchev–Trinajstić information content (AvgIpc) is 3.03. The molecule has 2 aromatic carbocycles. The number of benzene rings is 2. The fourth-order valence-corrected chi connectivity index (χ4v) is 2.99.